The minimum Gasteiger partial charge on any atom is -0.479 e. The molecule has 0 saturated heterocycles. The molecular formula is C29H25N5O8S. The average molecular weight is 604 g/mol. The number of allylic oxidation sites excluding steroid dienone is 2. The van der Waals surface area contributed by atoms with Crippen LogP contribution in [0.25, 0.3) is 16.8 Å². The molecule has 2 aromatic carbocycles. The molecule has 4 bridgehead atoms. The first kappa shape index (κ1) is 29.2. The zero-order chi connectivity index (χ0) is 30.4. The number of pyridine rings is 1. The van der Waals surface area contributed by atoms with Gasteiger partial charge in [0.1, 0.15) is 18.4 Å². The van der Waals surface area contributed by atoms with Gasteiger partial charge in [0.05, 0.1) is 23.7 Å². The average Bonchev–Trinajstić information content (AvgIpc) is 3.39. The molecule has 2 N–H and O–H groups in total. The number of aliphatic imine (C=N–C) groups is 1. The third-order valence-electron chi connectivity index (χ3n) is 6.39. The van der Waals surface area contributed by atoms with Crippen molar-refractivity contribution in [2.75, 3.05) is 19.7 Å². The van der Waals surface area contributed by atoms with Gasteiger partial charge in [0.15, 0.2) is 11.3 Å². The summed E-state index contributed by atoms with van der Waals surface area (Å²) >= 11 is 0. The molecule has 3 heterocycles. The number of para-hydroxylation sites is 1. The van der Waals surface area contributed by atoms with Crippen molar-refractivity contribution >= 4 is 44.9 Å². The summed E-state index contributed by atoms with van der Waals surface area (Å²) in [7, 11) is -4.35. The number of sulfonamides is 1. The summed E-state index contributed by atoms with van der Waals surface area (Å²) < 4.78 is 39.8. The Kier molecular flexibility index (Phi) is 8.59. The quantitative estimate of drug-likeness (QED) is 0.313. The minimum atomic E-state index is -4.35. The van der Waals surface area contributed by atoms with Crippen molar-refractivity contribution in [3.05, 3.63) is 112 Å². The normalized spacial score (nSPS) is 19.7. The molecule has 0 radical (unpaired) electrons. The highest BCUT2D eigenvalue weighted by Gasteiger charge is 2.30. The number of ether oxygens (including phenoxy) is 2. The van der Waals surface area contributed by atoms with Gasteiger partial charge in [-0.2, -0.15) is 0 Å². The number of carboxylic acids is 1. The standard InChI is InChI=1S/C29H25N5O8S/c35-29(36)26-15-23-18-33(26)17-22(16-32-43(39,40)27-8-4-3-7-25(27)34(37)38)31-19-41-13-5-1-2-6-20-9-10-21-11-12-30-28(42-23)24(21)14-20/h1-12,14-15,17,19,23,32H,13,16,18H2,(H,35,36)/b5-1-,6-2-,22-17-,31-19?. The number of hydrogen-bond donors (Lipinski definition) is 2. The number of aliphatic carboxylic acids is 1. The Balaban J connectivity index is 1.47. The van der Waals surface area contributed by atoms with E-state index in [1.54, 1.807) is 18.3 Å². The van der Waals surface area contributed by atoms with Crippen LogP contribution in [0.2, 0.25) is 0 Å². The summed E-state index contributed by atoms with van der Waals surface area (Å²) in [6.45, 7) is -0.233. The fraction of sp³-hybridized carbons (Fsp3) is 0.138. The summed E-state index contributed by atoms with van der Waals surface area (Å²) in [5, 5.41) is 22.9. The SMILES string of the molecule is O=C(O)C1=CC2CN1/C=C(/CNS(=O)(=O)c1ccccc1[N+](=O)[O-])N=COC/C=C\C=C/c1ccc3ccnc(c3c1)O2. The van der Waals surface area contributed by atoms with E-state index in [0.717, 1.165) is 34.9 Å². The van der Waals surface area contributed by atoms with Gasteiger partial charge in [0, 0.05) is 23.8 Å². The second kappa shape index (κ2) is 12.7. The molecule has 13 nitrogen and oxygen atoms in total. The topological polar surface area (TPSA) is 174 Å². The van der Waals surface area contributed by atoms with E-state index in [0.29, 0.717) is 5.88 Å². The Bertz CT molecular complexity index is 1830. The Morgan fingerprint density at radius 1 is 1.19 bits per heavy atom. The van der Waals surface area contributed by atoms with Crippen molar-refractivity contribution < 1.29 is 32.7 Å². The van der Waals surface area contributed by atoms with Gasteiger partial charge < -0.3 is 19.5 Å². The second-order valence-electron chi connectivity index (χ2n) is 9.29. The van der Waals surface area contributed by atoms with E-state index in [-0.39, 0.29) is 24.5 Å². The number of nitrogens with one attached hydrogen (secondary N) is 1. The minimum absolute atomic E-state index is 0.0544. The van der Waals surface area contributed by atoms with Gasteiger partial charge in [-0.15, -0.1) is 0 Å². The van der Waals surface area contributed by atoms with Crippen LogP contribution in [0.1, 0.15) is 5.56 Å². The molecular weight excluding hydrogens is 578 g/mol. The van der Waals surface area contributed by atoms with Gasteiger partial charge >= 0.3 is 5.97 Å². The number of fused-ring (bicyclic) bond motifs is 3. The zero-order valence-corrected chi connectivity index (χ0v) is 23.3. The molecule has 0 amide bonds. The van der Waals surface area contributed by atoms with Gasteiger partial charge in [-0.05, 0) is 41.3 Å². The van der Waals surface area contributed by atoms with Crippen LogP contribution < -0.4 is 9.46 Å². The smallest absolute Gasteiger partial charge is 0.352 e. The van der Waals surface area contributed by atoms with Crippen LogP contribution in [0, 0.1) is 10.1 Å². The van der Waals surface area contributed by atoms with Gasteiger partial charge in [-0.25, -0.2) is 27.9 Å². The van der Waals surface area contributed by atoms with Crippen molar-refractivity contribution in [1.29, 1.82) is 0 Å². The number of benzene rings is 2. The van der Waals surface area contributed by atoms with E-state index in [1.807, 2.05) is 36.4 Å². The van der Waals surface area contributed by atoms with E-state index < -0.39 is 44.1 Å². The molecule has 1 unspecified atom stereocenters. The van der Waals surface area contributed by atoms with Crippen LogP contribution in [0.3, 0.4) is 0 Å². The molecule has 1 aromatic heterocycles. The van der Waals surface area contributed by atoms with E-state index >= 15 is 0 Å². The van der Waals surface area contributed by atoms with E-state index in [9.17, 15) is 28.4 Å². The number of carbonyl (C=O) groups is 1. The van der Waals surface area contributed by atoms with E-state index in [1.165, 1.54) is 29.3 Å². The molecule has 5 rings (SSSR count). The highest BCUT2D eigenvalue weighted by atomic mass is 32.2. The Labute approximate surface area is 246 Å². The highest BCUT2D eigenvalue weighted by Crippen LogP contribution is 2.29. The van der Waals surface area contributed by atoms with Crippen LogP contribution in [0.4, 0.5) is 5.69 Å². The van der Waals surface area contributed by atoms with Crippen molar-refractivity contribution in [3.63, 3.8) is 0 Å². The first-order chi connectivity index (χ1) is 20.7. The maximum absolute atomic E-state index is 13.0. The Morgan fingerprint density at radius 2 is 2.02 bits per heavy atom. The van der Waals surface area contributed by atoms with Crippen LogP contribution in [0.15, 0.2) is 107 Å². The summed E-state index contributed by atoms with van der Waals surface area (Å²) in [6.07, 6.45) is 12.0. The molecule has 220 valence electrons. The number of nitro groups is 1. The molecule has 2 aliphatic rings. The number of nitro benzene ring substituents is 1. The maximum atomic E-state index is 13.0. The van der Waals surface area contributed by atoms with E-state index in [2.05, 4.69) is 14.7 Å². The molecule has 2 aliphatic heterocycles. The first-order valence-corrected chi connectivity index (χ1v) is 14.4. The molecule has 0 spiro atoms. The number of nitrogens with zero attached hydrogens (tertiary/aromatic N) is 4. The largest absolute Gasteiger partial charge is 0.479 e. The van der Waals surface area contributed by atoms with Gasteiger partial charge in [0.25, 0.3) is 5.69 Å². The lowest BCUT2D eigenvalue weighted by molar-refractivity contribution is -0.387. The fourth-order valence-electron chi connectivity index (χ4n) is 4.40. The van der Waals surface area contributed by atoms with Crippen molar-refractivity contribution in [2.45, 2.75) is 11.0 Å². The van der Waals surface area contributed by atoms with Gasteiger partial charge in [-0.1, -0.05) is 42.5 Å². The molecule has 14 heteroatoms. The first-order valence-electron chi connectivity index (χ1n) is 12.9. The van der Waals surface area contributed by atoms with Crippen molar-refractivity contribution in [2.24, 2.45) is 4.99 Å². The predicted octanol–water partition coefficient (Wildman–Crippen LogP) is 3.62. The lowest BCUT2D eigenvalue weighted by Gasteiger charge is -2.19. The second-order valence-corrected chi connectivity index (χ2v) is 11.0. The monoisotopic (exact) mass is 603 g/mol. The lowest BCUT2D eigenvalue weighted by Crippen LogP contribution is -2.29. The van der Waals surface area contributed by atoms with Gasteiger partial charge in [0.2, 0.25) is 15.9 Å². The molecule has 0 aliphatic carbocycles. The maximum Gasteiger partial charge on any atom is 0.352 e. The molecule has 1 atom stereocenters. The predicted molar refractivity (Wildman–Crippen MR) is 158 cm³/mol. The molecule has 3 aromatic rings. The zero-order valence-electron chi connectivity index (χ0n) is 22.4. The van der Waals surface area contributed by atoms with Crippen LogP contribution >= 0.6 is 0 Å². The van der Waals surface area contributed by atoms with Crippen LogP contribution in [0.5, 0.6) is 5.88 Å². The summed E-state index contributed by atoms with van der Waals surface area (Å²) in [5.41, 5.74) is 0.258. The molecule has 0 saturated carbocycles. The van der Waals surface area contributed by atoms with Crippen molar-refractivity contribution in [3.8, 4) is 5.88 Å². The van der Waals surface area contributed by atoms with Gasteiger partial charge in [-0.3, -0.25) is 10.1 Å². The summed E-state index contributed by atoms with van der Waals surface area (Å²) in [4.78, 5) is 32.1. The van der Waals surface area contributed by atoms with Crippen LogP contribution in [-0.4, -0.2) is 66.5 Å². The van der Waals surface area contributed by atoms with Crippen molar-refractivity contribution in [1.82, 2.24) is 14.6 Å². The Hall–Kier alpha value is -5.34. The number of aromatic nitrogens is 1. The summed E-state index contributed by atoms with van der Waals surface area (Å²) in [6, 6.07) is 12.6. The lowest BCUT2D eigenvalue weighted by atomic mass is 10.1. The fourth-order valence-corrected chi connectivity index (χ4v) is 5.56. The summed E-state index contributed by atoms with van der Waals surface area (Å²) in [5.74, 6) is -0.915. The Morgan fingerprint density at radius 3 is 2.84 bits per heavy atom. The number of carboxylic acid groups (broad SMARTS) is 1. The van der Waals surface area contributed by atoms with Crippen LogP contribution in [-0.2, 0) is 19.6 Å². The number of rotatable bonds is 6. The highest BCUT2D eigenvalue weighted by molar-refractivity contribution is 7.89. The van der Waals surface area contributed by atoms with E-state index in [4.69, 9.17) is 9.47 Å². The number of hydrogen-bond acceptors (Lipinski definition) is 10. The third kappa shape index (κ3) is 6.94. The third-order valence-corrected chi connectivity index (χ3v) is 7.84. The molecule has 43 heavy (non-hydrogen) atoms. The molecule has 0 fully saturated rings.